The fourth-order valence-electron chi connectivity index (χ4n) is 3.27. The molecule has 1 aliphatic rings. The third kappa shape index (κ3) is 6.13. The van der Waals surface area contributed by atoms with Crippen LogP contribution in [0.5, 0.6) is 0 Å². The lowest BCUT2D eigenvalue weighted by Gasteiger charge is -2.10. The van der Waals surface area contributed by atoms with E-state index in [9.17, 15) is 9.59 Å². The van der Waals surface area contributed by atoms with Crippen molar-refractivity contribution >= 4 is 23.2 Å². The molecule has 0 fully saturated rings. The molecule has 2 heterocycles. The molecule has 3 rings (SSSR count). The van der Waals surface area contributed by atoms with Crippen molar-refractivity contribution in [3.8, 4) is 0 Å². The first-order valence-electron chi connectivity index (χ1n) is 10.4. The predicted octanol–water partition coefficient (Wildman–Crippen LogP) is 3.87. The zero-order valence-corrected chi connectivity index (χ0v) is 18.3. The van der Waals surface area contributed by atoms with Crippen molar-refractivity contribution < 1.29 is 14.1 Å². The van der Waals surface area contributed by atoms with Gasteiger partial charge in [-0.25, -0.2) is 0 Å². The Balaban J connectivity index is 1.41. The van der Waals surface area contributed by atoms with E-state index in [0.717, 1.165) is 12.8 Å². The number of nitrogens with zero attached hydrogens (tertiary/aromatic N) is 2. The van der Waals surface area contributed by atoms with Gasteiger partial charge in [0, 0.05) is 23.1 Å². The third-order valence-corrected chi connectivity index (χ3v) is 6.21. The molecule has 2 N–H and O–H groups in total. The Morgan fingerprint density at radius 3 is 2.62 bits per heavy atom. The van der Waals surface area contributed by atoms with Crippen LogP contribution in [0.2, 0.25) is 0 Å². The average molecular weight is 419 g/mol. The quantitative estimate of drug-likeness (QED) is 0.719. The van der Waals surface area contributed by atoms with Crippen LogP contribution < -0.4 is 10.9 Å². The molecule has 0 aliphatic heterocycles. The van der Waals surface area contributed by atoms with Gasteiger partial charge in [0.1, 0.15) is 0 Å². The van der Waals surface area contributed by atoms with Crippen LogP contribution in [0.4, 0.5) is 0 Å². The minimum Gasteiger partial charge on any atom is -0.339 e. The van der Waals surface area contributed by atoms with E-state index in [2.05, 4.69) is 21.0 Å². The number of fused-ring (bicyclic) bond motifs is 1. The van der Waals surface area contributed by atoms with E-state index >= 15 is 0 Å². The van der Waals surface area contributed by atoms with E-state index in [1.807, 2.05) is 26.8 Å². The van der Waals surface area contributed by atoms with E-state index in [1.54, 1.807) is 11.3 Å². The molecule has 0 atom stereocenters. The Kier molecular flexibility index (Phi) is 7.05. The lowest BCUT2D eigenvalue weighted by molar-refractivity contribution is -0.121. The van der Waals surface area contributed by atoms with Crippen molar-refractivity contribution in [1.29, 1.82) is 0 Å². The van der Waals surface area contributed by atoms with Gasteiger partial charge >= 0.3 is 0 Å². The number of hydrazine groups is 1. The summed E-state index contributed by atoms with van der Waals surface area (Å²) in [5.74, 6) is 0.711. The zero-order valence-electron chi connectivity index (χ0n) is 17.5. The van der Waals surface area contributed by atoms with E-state index in [4.69, 9.17) is 4.52 Å². The van der Waals surface area contributed by atoms with Crippen LogP contribution in [0.1, 0.15) is 91.1 Å². The second-order valence-electron chi connectivity index (χ2n) is 8.59. The summed E-state index contributed by atoms with van der Waals surface area (Å²) in [5, 5.41) is 3.98. The van der Waals surface area contributed by atoms with E-state index in [-0.39, 0.29) is 23.7 Å². The molecule has 0 saturated heterocycles. The first kappa shape index (κ1) is 21.5. The van der Waals surface area contributed by atoms with Gasteiger partial charge in [-0.05, 0) is 43.7 Å². The van der Waals surface area contributed by atoms with Gasteiger partial charge in [-0.3, -0.25) is 20.4 Å². The van der Waals surface area contributed by atoms with Crippen molar-refractivity contribution in [1.82, 2.24) is 21.0 Å². The molecule has 29 heavy (non-hydrogen) atoms. The molecule has 2 amide bonds. The van der Waals surface area contributed by atoms with Crippen LogP contribution in [-0.4, -0.2) is 22.0 Å². The smallest absolute Gasteiger partial charge is 0.279 e. The summed E-state index contributed by atoms with van der Waals surface area (Å²) in [6.45, 7) is 6.06. The maximum absolute atomic E-state index is 12.4. The molecule has 1 aliphatic carbocycles. The number of hydrogen-bond acceptors (Lipinski definition) is 6. The standard InChI is InChI=1S/C21H30N4O3S/c1-21(2,3)20-22-18(28-25-20)12-8-11-17(26)23-24-19(27)16-13-14-9-6-4-5-7-10-15(14)29-16/h13H,4-12H2,1-3H3,(H,23,26)(H,24,27). The highest BCUT2D eigenvalue weighted by Crippen LogP contribution is 2.28. The maximum atomic E-state index is 12.4. The summed E-state index contributed by atoms with van der Waals surface area (Å²) in [6, 6.07) is 1.98. The van der Waals surface area contributed by atoms with Crippen LogP contribution >= 0.6 is 11.3 Å². The monoisotopic (exact) mass is 418 g/mol. The molecule has 2 aromatic heterocycles. The first-order chi connectivity index (χ1) is 13.8. The second kappa shape index (κ2) is 9.52. The SMILES string of the molecule is CC(C)(C)c1noc(CCCC(=O)NNC(=O)c2cc3c(s2)CCCCCC3)n1. The zero-order chi connectivity index (χ0) is 20.9. The third-order valence-electron chi connectivity index (χ3n) is 4.97. The molecule has 158 valence electrons. The van der Waals surface area contributed by atoms with E-state index < -0.39 is 0 Å². The van der Waals surface area contributed by atoms with Crippen molar-refractivity contribution in [2.75, 3.05) is 0 Å². The number of carbonyl (C=O) groups excluding carboxylic acids is 2. The predicted molar refractivity (Wildman–Crippen MR) is 112 cm³/mol. The summed E-state index contributed by atoms with van der Waals surface area (Å²) in [5.41, 5.74) is 6.16. The van der Waals surface area contributed by atoms with Crippen molar-refractivity contribution in [3.63, 3.8) is 0 Å². The van der Waals surface area contributed by atoms with Crippen LogP contribution in [-0.2, 0) is 29.5 Å². The summed E-state index contributed by atoms with van der Waals surface area (Å²) in [7, 11) is 0. The largest absolute Gasteiger partial charge is 0.339 e. The van der Waals surface area contributed by atoms with Crippen molar-refractivity contribution in [2.24, 2.45) is 0 Å². The van der Waals surface area contributed by atoms with Gasteiger partial charge in [-0.2, -0.15) is 4.98 Å². The molecule has 2 aromatic rings. The highest BCUT2D eigenvalue weighted by atomic mass is 32.1. The van der Waals surface area contributed by atoms with Gasteiger partial charge in [0.25, 0.3) is 5.91 Å². The molecule has 0 aromatic carbocycles. The van der Waals surface area contributed by atoms with Crippen molar-refractivity contribution in [2.45, 2.75) is 84.0 Å². The number of rotatable bonds is 5. The van der Waals surface area contributed by atoms with Crippen LogP contribution in [0.15, 0.2) is 10.6 Å². The molecule has 0 spiro atoms. The highest BCUT2D eigenvalue weighted by Gasteiger charge is 2.21. The summed E-state index contributed by atoms with van der Waals surface area (Å²) in [4.78, 5) is 30.8. The van der Waals surface area contributed by atoms with Crippen molar-refractivity contribution in [3.05, 3.63) is 33.1 Å². The van der Waals surface area contributed by atoms with Gasteiger partial charge in [0.15, 0.2) is 5.82 Å². The minimum absolute atomic E-state index is 0.164. The number of thiophene rings is 1. The molecule has 7 nitrogen and oxygen atoms in total. The molecule has 0 radical (unpaired) electrons. The Morgan fingerprint density at radius 2 is 1.90 bits per heavy atom. The Labute approximate surface area is 175 Å². The fraction of sp³-hybridized carbons (Fsp3) is 0.619. The van der Waals surface area contributed by atoms with Gasteiger partial charge in [-0.1, -0.05) is 38.8 Å². The Morgan fingerprint density at radius 1 is 1.14 bits per heavy atom. The summed E-state index contributed by atoms with van der Waals surface area (Å²) < 4.78 is 5.23. The number of amides is 2. The number of aromatic nitrogens is 2. The van der Waals surface area contributed by atoms with Gasteiger partial charge < -0.3 is 4.52 Å². The van der Waals surface area contributed by atoms with Crippen LogP contribution in [0.25, 0.3) is 0 Å². The topological polar surface area (TPSA) is 97.1 Å². The summed E-state index contributed by atoms with van der Waals surface area (Å²) in [6.07, 6.45) is 8.34. The Hall–Kier alpha value is -2.22. The number of nitrogens with one attached hydrogen (secondary N) is 2. The van der Waals surface area contributed by atoms with Crippen LogP contribution in [0.3, 0.4) is 0 Å². The normalized spacial score (nSPS) is 14.6. The molecule has 0 bridgehead atoms. The molecule has 0 saturated carbocycles. The number of carbonyl (C=O) groups is 2. The number of hydrogen-bond donors (Lipinski definition) is 2. The van der Waals surface area contributed by atoms with Gasteiger partial charge in [0.05, 0.1) is 4.88 Å². The maximum Gasteiger partial charge on any atom is 0.279 e. The summed E-state index contributed by atoms with van der Waals surface area (Å²) >= 11 is 1.55. The fourth-order valence-corrected chi connectivity index (χ4v) is 4.42. The lowest BCUT2D eigenvalue weighted by Crippen LogP contribution is -2.41. The van der Waals surface area contributed by atoms with Gasteiger partial charge in [-0.15, -0.1) is 11.3 Å². The molecular weight excluding hydrogens is 388 g/mol. The number of aryl methyl sites for hydroxylation is 3. The van der Waals surface area contributed by atoms with E-state index in [0.29, 0.717) is 29.4 Å². The lowest BCUT2D eigenvalue weighted by atomic mass is 9.96. The highest BCUT2D eigenvalue weighted by molar-refractivity contribution is 7.14. The average Bonchev–Trinajstić information content (AvgIpc) is 3.27. The molecular formula is C21H30N4O3S. The van der Waals surface area contributed by atoms with E-state index in [1.165, 1.54) is 36.1 Å². The Bertz CT molecular complexity index is 825. The van der Waals surface area contributed by atoms with Gasteiger partial charge in [0.2, 0.25) is 11.8 Å². The van der Waals surface area contributed by atoms with Crippen LogP contribution in [0, 0.1) is 0 Å². The molecule has 8 heteroatoms. The minimum atomic E-state index is -0.248. The molecule has 0 unspecified atom stereocenters. The second-order valence-corrected chi connectivity index (χ2v) is 9.73. The first-order valence-corrected chi connectivity index (χ1v) is 11.2.